The number of benzene rings is 2. The normalized spacial score (nSPS) is 16.6. The van der Waals surface area contributed by atoms with Crippen LogP contribution in [0.2, 0.25) is 5.02 Å². The van der Waals surface area contributed by atoms with Gasteiger partial charge in [-0.25, -0.2) is 18.1 Å². The fourth-order valence-corrected chi connectivity index (χ4v) is 5.59. The molecular weight excluding hydrogens is 540 g/mol. The SMILES string of the molecule is CCOc1cc(/C=C2/C(=N)N3C(=NC2=O)SN=C3S(=O)(=O)C(C)C)ccc1OC(=O)c1ccccc1Cl. The molecule has 0 saturated carbocycles. The largest absolute Gasteiger partial charge is 0.490 e. The number of sulfone groups is 1. The highest BCUT2D eigenvalue weighted by atomic mass is 35.5. The lowest BCUT2D eigenvalue weighted by molar-refractivity contribution is -0.114. The van der Waals surface area contributed by atoms with E-state index < -0.39 is 27.0 Å². The molecule has 1 amide bonds. The fourth-order valence-electron chi connectivity index (χ4n) is 3.31. The van der Waals surface area contributed by atoms with Crippen molar-refractivity contribution in [1.82, 2.24) is 4.90 Å². The molecule has 0 unspecified atom stereocenters. The van der Waals surface area contributed by atoms with E-state index in [0.717, 1.165) is 16.8 Å². The number of carbonyl (C=O) groups excluding carboxylic acids is 2. The molecule has 1 N–H and O–H groups in total. The summed E-state index contributed by atoms with van der Waals surface area (Å²) in [6, 6.07) is 11.0. The van der Waals surface area contributed by atoms with Crippen LogP contribution in [0.4, 0.5) is 0 Å². The average molecular weight is 561 g/mol. The molecule has 0 saturated heterocycles. The van der Waals surface area contributed by atoms with Crippen LogP contribution >= 0.6 is 23.5 Å². The van der Waals surface area contributed by atoms with Gasteiger partial charge in [-0.15, -0.1) is 0 Å². The number of ether oxygens (including phenoxy) is 2. The number of hydrogen-bond acceptors (Lipinski definition) is 9. The van der Waals surface area contributed by atoms with E-state index in [2.05, 4.69) is 9.39 Å². The molecule has 2 heterocycles. The quantitative estimate of drug-likeness (QED) is 0.238. The summed E-state index contributed by atoms with van der Waals surface area (Å²) < 4.78 is 40.5. The van der Waals surface area contributed by atoms with Crippen molar-refractivity contribution in [2.45, 2.75) is 26.0 Å². The summed E-state index contributed by atoms with van der Waals surface area (Å²) >= 11 is 6.82. The first-order valence-corrected chi connectivity index (χ1v) is 13.7. The third-order valence-electron chi connectivity index (χ3n) is 5.24. The number of fused-ring (bicyclic) bond motifs is 1. The molecule has 0 fully saturated rings. The molecule has 4 rings (SSSR count). The standard InChI is InChI=1S/C24H21ClN4O6S2/c1-4-34-19-12-14(9-10-18(19)35-22(31)15-7-5-6-8-17(15)25)11-16-20(26)29-23(27-21(16)30)36-28-24(29)37(32,33)13(2)3/h5-13,26H,4H2,1-3H3/b16-11-,26-20?. The van der Waals surface area contributed by atoms with Gasteiger partial charge in [0.05, 0.1) is 40.0 Å². The highest BCUT2D eigenvalue weighted by Crippen LogP contribution is 2.33. The number of nitrogens with zero attached hydrogens (tertiary/aromatic N) is 3. The molecule has 0 bridgehead atoms. The number of amides is 1. The first-order valence-electron chi connectivity index (χ1n) is 11.0. The van der Waals surface area contributed by atoms with Gasteiger partial charge in [-0.3, -0.25) is 10.2 Å². The Morgan fingerprint density at radius 3 is 2.62 bits per heavy atom. The van der Waals surface area contributed by atoms with Crippen molar-refractivity contribution in [1.29, 1.82) is 5.41 Å². The van der Waals surface area contributed by atoms with Crippen molar-refractivity contribution in [2.24, 2.45) is 9.39 Å². The van der Waals surface area contributed by atoms with Crippen molar-refractivity contribution >= 4 is 67.5 Å². The second kappa shape index (κ2) is 10.5. The predicted molar refractivity (Wildman–Crippen MR) is 143 cm³/mol. The molecule has 2 aliphatic rings. The van der Waals surface area contributed by atoms with Crippen molar-refractivity contribution in [3.8, 4) is 11.5 Å². The lowest BCUT2D eigenvalue weighted by atomic mass is 10.1. The van der Waals surface area contributed by atoms with E-state index >= 15 is 0 Å². The van der Waals surface area contributed by atoms with Gasteiger partial charge in [-0.1, -0.05) is 29.8 Å². The summed E-state index contributed by atoms with van der Waals surface area (Å²) in [4.78, 5) is 30.3. The number of hydrogen-bond donors (Lipinski definition) is 1. The van der Waals surface area contributed by atoms with E-state index in [1.165, 1.54) is 38.1 Å². The van der Waals surface area contributed by atoms with Crippen LogP contribution in [-0.2, 0) is 14.6 Å². The molecule has 13 heteroatoms. The molecule has 2 aromatic carbocycles. The Bertz CT molecular complexity index is 1510. The molecular formula is C24H21ClN4O6S2. The molecule has 37 heavy (non-hydrogen) atoms. The van der Waals surface area contributed by atoms with Crippen LogP contribution in [0, 0.1) is 5.41 Å². The Kier molecular flexibility index (Phi) is 7.53. The second-order valence-corrected chi connectivity index (χ2v) is 11.5. The van der Waals surface area contributed by atoms with Gasteiger partial charge >= 0.3 is 5.97 Å². The summed E-state index contributed by atoms with van der Waals surface area (Å²) in [6.45, 7) is 5.02. The van der Waals surface area contributed by atoms with Crippen molar-refractivity contribution in [3.05, 3.63) is 64.2 Å². The summed E-state index contributed by atoms with van der Waals surface area (Å²) in [6.07, 6.45) is 1.38. The summed E-state index contributed by atoms with van der Waals surface area (Å²) in [7, 11) is -3.83. The van der Waals surface area contributed by atoms with E-state index in [1.54, 1.807) is 31.2 Å². The maximum absolute atomic E-state index is 12.7. The molecule has 0 atom stereocenters. The number of esters is 1. The van der Waals surface area contributed by atoms with Gasteiger partial charge < -0.3 is 9.47 Å². The highest BCUT2D eigenvalue weighted by Gasteiger charge is 2.43. The maximum atomic E-state index is 12.7. The first kappa shape index (κ1) is 26.6. The minimum Gasteiger partial charge on any atom is -0.490 e. The van der Waals surface area contributed by atoms with Crippen LogP contribution in [-0.4, -0.2) is 53.2 Å². The maximum Gasteiger partial charge on any atom is 0.345 e. The third kappa shape index (κ3) is 5.17. The Morgan fingerprint density at radius 2 is 1.95 bits per heavy atom. The fraction of sp³-hybridized carbons (Fsp3) is 0.208. The van der Waals surface area contributed by atoms with Gasteiger partial charge in [-0.05, 0) is 56.7 Å². The number of carbonyl (C=O) groups is 2. The average Bonchev–Trinajstić information content (AvgIpc) is 3.28. The van der Waals surface area contributed by atoms with E-state index in [4.69, 9.17) is 26.5 Å². The molecule has 0 aliphatic carbocycles. The Labute approximate surface area is 222 Å². The van der Waals surface area contributed by atoms with Crippen LogP contribution in [0.15, 0.2) is 57.4 Å². The van der Waals surface area contributed by atoms with E-state index in [9.17, 15) is 18.0 Å². The van der Waals surface area contributed by atoms with Crippen LogP contribution in [0.3, 0.4) is 0 Å². The molecule has 0 radical (unpaired) electrons. The minimum absolute atomic E-state index is 0.00298. The van der Waals surface area contributed by atoms with Gasteiger partial charge in [0.1, 0.15) is 5.84 Å². The molecule has 192 valence electrons. The number of halogens is 1. The smallest absolute Gasteiger partial charge is 0.345 e. The number of rotatable bonds is 6. The zero-order valence-corrected chi connectivity index (χ0v) is 22.3. The lowest BCUT2D eigenvalue weighted by Gasteiger charge is -2.25. The van der Waals surface area contributed by atoms with Gasteiger partial charge in [0.15, 0.2) is 11.5 Å². The van der Waals surface area contributed by atoms with Crippen molar-refractivity contribution in [2.75, 3.05) is 6.61 Å². The van der Waals surface area contributed by atoms with Crippen LogP contribution < -0.4 is 9.47 Å². The van der Waals surface area contributed by atoms with Crippen LogP contribution in [0.5, 0.6) is 11.5 Å². The van der Waals surface area contributed by atoms with Gasteiger partial charge in [0.25, 0.3) is 5.91 Å². The highest BCUT2D eigenvalue weighted by molar-refractivity contribution is 8.16. The van der Waals surface area contributed by atoms with Gasteiger partial charge in [0.2, 0.25) is 20.2 Å². The zero-order chi connectivity index (χ0) is 26.9. The second-order valence-electron chi connectivity index (χ2n) is 8.01. The van der Waals surface area contributed by atoms with Gasteiger partial charge in [-0.2, -0.15) is 9.39 Å². The summed E-state index contributed by atoms with van der Waals surface area (Å²) in [5, 5.41) is 7.70. The van der Waals surface area contributed by atoms with E-state index in [0.29, 0.717) is 5.56 Å². The molecule has 0 spiro atoms. The lowest BCUT2D eigenvalue weighted by Crippen LogP contribution is -2.46. The van der Waals surface area contributed by atoms with Gasteiger partial charge in [0, 0.05) is 0 Å². The summed E-state index contributed by atoms with van der Waals surface area (Å²) in [5.74, 6) is -1.40. The molecule has 2 aromatic rings. The first-order chi connectivity index (χ1) is 17.5. The molecule has 2 aliphatic heterocycles. The zero-order valence-electron chi connectivity index (χ0n) is 19.9. The van der Waals surface area contributed by atoms with E-state index in [1.807, 2.05) is 0 Å². The third-order valence-corrected chi connectivity index (χ3v) is 8.41. The van der Waals surface area contributed by atoms with E-state index in [-0.39, 0.29) is 50.4 Å². The molecule has 10 nitrogen and oxygen atoms in total. The van der Waals surface area contributed by atoms with Crippen molar-refractivity contribution < 1.29 is 27.5 Å². The monoisotopic (exact) mass is 560 g/mol. The topological polar surface area (TPSA) is 139 Å². The molecule has 0 aromatic heterocycles. The number of nitrogens with one attached hydrogen (secondary N) is 1. The van der Waals surface area contributed by atoms with Crippen LogP contribution in [0.25, 0.3) is 6.08 Å². The number of amidine groups is 3. The Hall–Kier alpha value is -3.48. The minimum atomic E-state index is -3.83. The Morgan fingerprint density at radius 1 is 1.22 bits per heavy atom. The number of aliphatic imine (C=N–C) groups is 1. The van der Waals surface area contributed by atoms with Crippen molar-refractivity contribution in [3.63, 3.8) is 0 Å². The predicted octanol–water partition coefficient (Wildman–Crippen LogP) is 4.36. The summed E-state index contributed by atoms with van der Waals surface area (Å²) in [5.41, 5.74) is 0.482. The Balaban J connectivity index is 1.66. The van der Waals surface area contributed by atoms with Crippen LogP contribution in [0.1, 0.15) is 36.7 Å².